The first-order valence-electron chi connectivity index (χ1n) is 11.1. The summed E-state index contributed by atoms with van der Waals surface area (Å²) in [5.74, 6) is 0.465. The molecule has 0 fully saturated rings. The Morgan fingerprint density at radius 1 is 1.12 bits per heavy atom. The van der Waals surface area contributed by atoms with Gasteiger partial charge in [-0.05, 0) is 56.5 Å². The molecule has 1 aliphatic heterocycles. The number of carbonyl (C=O) groups excluding carboxylic acids is 2. The second-order valence-electron chi connectivity index (χ2n) is 8.77. The first kappa shape index (κ1) is 23.7. The minimum absolute atomic E-state index is 0.0888. The van der Waals surface area contributed by atoms with E-state index in [0.717, 1.165) is 35.4 Å². The highest BCUT2D eigenvalue weighted by atomic mass is 16.5. The van der Waals surface area contributed by atoms with Crippen molar-refractivity contribution in [1.29, 1.82) is 0 Å². The molecule has 1 N–H and O–H groups in total. The monoisotopic (exact) mass is 436 g/mol. The number of carbonyl (C=O) groups is 2. The lowest BCUT2D eigenvalue weighted by Gasteiger charge is -2.29. The summed E-state index contributed by atoms with van der Waals surface area (Å²) in [6.07, 6.45) is 1.74. The number of aliphatic hydroxyl groups is 1. The van der Waals surface area contributed by atoms with Gasteiger partial charge in [0, 0.05) is 29.8 Å². The highest BCUT2D eigenvalue weighted by Crippen LogP contribution is 2.31. The Hall–Kier alpha value is -2.99. The molecule has 0 radical (unpaired) electrons. The number of hydrogen-bond acceptors (Lipinski definition) is 5. The van der Waals surface area contributed by atoms with E-state index in [1.807, 2.05) is 25.1 Å². The molecule has 32 heavy (non-hydrogen) atoms. The molecule has 0 bridgehead atoms. The molecule has 0 saturated heterocycles. The topological polar surface area (TPSA) is 79.2 Å². The van der Waals surface area contributed by atoms with Gasteiger partial charge in [0.05, 0.1) is 31.4 Å². The van der Waals surface area contributed by atoms with Gasteiger partial charge in [0.25, 0.3) is 5.91 Å². The Morgan fingerprint density at radius 3 is 2.56 bits per heavy atom. The van der Waals surface area contributed by atoms with Crippen molar-refractivity contribution in [3.63, 3.8) is 0 Å². The fraction of sp³-hybridized carbons (Fsp3) is 0.423. The second kappa shape index (κ2) is 10.1. The second-order valence-corrected chi connectivity index (χ2v) is 8.77. The number of benzene rings is 2. The Labute approximate surface area is 189 Å². The standard InChI is InChI=1S/C26H32N2O4/c1-5-11-28(12-13-29)25(31)19-8-6-7-18(14-19)24(30)16-23-22-15-21(32-4)10-9-20(22)17-26(2,3)27-23/h6-10,14-15,29H,5,11-13,16-17H2,1-4H3. The summed E-state index contributed by atoms with van der Waals surface area (Å²) < 4.78 is 5.37. The van der Waals surface area contributed by atoms with Crippen molar-refractivity contribution < 1.29 is 19.4 Å². The van der Waals surface area contributed by atoms with Crippen molar-refractivity contribution in [1.82, 2.24) is 4.90 Å². The molecule has 1 aliphatic rings. The number of aliphatic hydroxyl groups excluding tert-OH is 1. The van der Waals surface area contributed by atoms with Crippen LogP contribution < -0.4 is 4.74 Å². The highest BCUT2D eigenvalue weighted by Gasteiger charge is 2.28. The lowest BCUT2D eigenvalue weighted by molar-refractivity contribution is 0.0722. The molecule has 6 nitrogen and oxygen atoms in total. The maximum absolute atomic E-state index is 13.2. The molecule has 1 heterocycles. The Balaban J connectivity index is 1.87. The van der Waals surface area contributed by atoms with Crippen LogP contribution in [0.5, 0.6) is 5.75 Å². The van der Waals surface area contributed by atoms with Crippen molar-refractivity contribution in [3.8, 4) is 5.75 Å². The van der Waals surface area contributed by atoms with Crippen LogP contribution in [0.3, 0.4) is 0 Å². The van der Waals surface area contributed by atoms with E-state index in [-0.39, 0.29) is 36.8 Å². The third-order valence-electron chi connectivity index (χ3n) is 5.60. The van der Waals surface area contributed by atoms with E-state index in [2.05, 4.69) is 13.8 Å². The Bertz CT molecular complexity index is 1020. The van der Waals surface area contributed by atoms with Crippen molar-refractivity contribution in [3.05, 3.63) is 64.7 Å². The van der Waals surface area contributed by atoms with Gasteiger partial charge in [0.2, 0.25) is 0 Å². The maximum atomic E-state index is 13.2. The molecule has 6 heteroatoms. The lowest BCUT2D eigenvalue weighted by atomic mass is 9.85. The summed E-state index contributed by atoms with van der Waals surface area (Å²) in [6, 6.07) is 12.7. The molecule has 0 spiro atoms. The van der Waals surface area contributed by atoms with Crippen LogP contribution in [-0.4, -0.2) is 59.8 Å². The van der Waals surface area contributed by atoms with E-state index in [4.69, 9.17) is 9.73 Å². The minimum Gasteiger partial charge on any atom is -0.497 e. The van der Waals surface area contributed by atoms with Crippen LogP contribution >= 0.6 is 0 Å². The summed E-state index contributed by atoms with van der Waals surface area (Å²) >= 11 is 0. The average Bonchev–Trinajstić information content (AvgIpc) is 2.77. The van der Waals surface area contributed by atoms with E-state index in [1.54, 1.807) is 36.3 Å². The van der Waals surface area contributed by atoms with Gasteiger partial charge in [0.15, 0.2) is 5.78 Å². The number of ether oxygens (including phenoxy) is 1. The molecular formula is C26H32N2O4. The zero-order valence-electron chi connectivity index (χ0n) is 19.4. The largest absolute Gasteiger partial charge is 0.497 e. The van der Waals surface area contributed by atoms with E-state index >= 15 is 0 Å². The third kappa shape index (κ3) is 5.43. The molecular weight excluding hydrogens is 404 g/mol. The number of aliphatic imine (C=N–C) groups is 1. The zero-order valence-corrected chi connectivity index (χ0v) is 19.4. The molecule has 0 atom stereocenters. The van der Waals surface area contributed by atoms with Gasteiger partial charge < -0.3 is 14.7 Å². The molecule has 0 saturated carbocycles. The summed E-state index contributed by atoms with van der Waals surface area (Å²) in [6.45, 7) is 6.85. The van der Waals surface area contributed by atoms with E-state index in [9.17, 15) is 14.7 Å². The molecule has 0 aliphatic carbocycles. The lowest BCUT2D eigenvalue weighted by Crippen LogP contribution is -2.34. The Morgan fingerprint density at radius 2 is 1.88 bits per heavy atom. The van der Waals surface area contributed by atoms with Gasteiger partial charge in [-0.15, -0.1) is 0 Å². The molecule has 2 aromatic rings. The molecule has 1 amide bonds. The van der Waals surface area contributed by atoms with Crippen LogP contribution in [0.1, 0.15) is 65.5 Å². The molecule has 0 aromatic heterocycles. The number of hydrogen-bond donors (Lipinski definition) is 1. The number of fused-ring (bicyclic) bond motifs is 1. The number of Topliss-reactive ketones (excluding diaryl/α,β-unsaturated/α-hetero) is 1. The average molecular weight is 437 g/mol. The normalized spacial score (nSPS) is 14.3. The van der Waals surface area contributed by atoms with Gasteiger partial charge in [-0.25, -0.2) is 0 Å². The van der Waals surface area contributed by atoms with Crippen LogP contribution in [-0.2, 0) is 6.42 Å². The van der Waals surface area contributed by atoms with Crippen LogP contribution in [0.2, 0.25) is 0 Å². The van der Waals surface area contributed by atoms with Gasteiger partial charge in [-0.2, -0.15) is 0 Å². The fourth-order valence-electron chi connectivity index (χ4n) is 4.14. The van der Waals surface area contributed by atoms with Crippen molar-refractivity contribution in [2.75, 3.05) is 26.8 Å². The van der Waals surface area contributed by atoms with E-state index < -0.39 is 0 Å². The predicted octanol–water partition coefficient (Wildman–Crippen LogP) is 3.94. The van der Waals surface area contributed by atoms with Crippen LogP contribution in [0, 0.1) is 0 Å². The molecule has 2 aromatic carbocycles. The Kier molecular flexibility index (Phi) is 7.46. The first-order chi connectivity index (χ1) is 15.3. The smallest absolute Gasteiger partial charge is 0.253 e. The van der Waals surface area contributed by atoms with Gasteiger partial charge in [-0.1, -0.05) is 25.1 Å². The van der Waals surface area contributed by atoms with Crippen LogP contribution in [0.25, 0.3) is 0 Å². The molecule has 0 unspecified atom stereocenters. The minimum atomic E-state index is -0.292. The number of rotatable bonds is 9. The predicted molar refractivity (Wildman–Crippen MR) is 126 cm³/mol. The van der Waals surface area contributed by atoms with Gasteiger partial charge in [0.1, 0.15) is 5.75 Å². The van der Waals surface area contributed by atoms with Crippen LogP contribution in [0.4, 0.5) is 0 Å². The number of amides is 1. The summed E-state index contributed by atoms with van der Waals surface area (Å²) in [5.41, 5.74) is 3.47. The number of methoxy groups -OCH3 is 1. The van der Waals surface area contributed by atoms with Crippen molar-refractivity contribution in [2.24, 2.45) is 4.99 Å². The fourth-order valence-corrected chi connectivity index (χ4v) is 4.14. The molecule has 3 rings (SSSR count). The highest BCUT2D eigenvalue weighted by molar-refractivity contribution is 6.17. The summed E-state index contributed by atoms with van der Waals surface area (Å²) in [5, 5.41) is 9.27. The van der Waals surface area contributed by atoms with E-state index in [0.29, 0.717) is 17.7 Å². The quantitative estimate of drug-likeness (QED) is 0.604. The first-order valence-corrected chi connectivity index (χ1v) is 11.1. The SMILES string of the molecule is CCCN(CCO)C(=O)c1cccc(C(=O)CC2=NC(C)(C)Cc3ccc(OC)cc32)c1. The van der Waals surface area contributed by atoms with E-state index in [1.165, 1.54) is 0 Å². The summed E-state index contributed by atoms with van der Waals surface area (Å²) in [4.78, 5) is 32.6. The maximum Gasteiger partial charge on any atom is 0.253 e. The summed E-state index contributed by atoms with van der Waals surface area (Å²) in [7, 11) is 1.62. The van der Waals surface area contributed by atoms with Crippen molar-refractivity contribution >= 4 is 17.4 Å². The number of ketones is 1. The molecule has 170 valence electrons. The van der Waals surface area contributed by atoms with Crippen molar-refractivity contribution in [2.45, 2.75) is 45.6 Å². The van der Waals surface area contributed by atoms with Gasteiger partial charge >= 0.3 is 0 Å². The van der Waals surface area contributed by atoms with Crippen LogP contribution in [0.15, 0.2) is 47.5 Å². The zero-order chi connectivity index (χ0) is 23.3. The number of nitrogens with zero attached hydrogens (tertiary/aromatic N) is 2. The van der Waals surface area contributed by atoms with Gasteiger partial charge in [-0.3, -0.25) is 14.6 Å². The third-order valence-corrected chi connectivity index (χ3v) is 5.60.